The highest BCUT2D eigenvalue weighted by molar-refractivity contribution is 5.79. The molecule has 23 heavy (non-hydrogen) atoms. The van der Waals surface area contributed by atoms with Gasteiger partial charge in [0, 0.05) is 57.1 Å². The van der Waals surface area contributed by atoms with E-state index in [0.717, 1.165) is 44.1 Å². The SMILES string of the molecule is CN=C(NCCCN(C(C)C)C(C)C)NCCc1ccccn1. The van der Waals surface area contributed by atoms with E-state index >= 15 is 0 Å². The summed E-state index contributed by atoms with van der Waals surface area (Å²) in [5.74, 6) is 0.863. The zero-order valence-electron chi connectivity index (χ0n) is 15.3. The highest BCUT2D eigenvalue weighted by atomic mass is 15.2. The maximum absolute atomic E-state index is 4.32. The van der Waals surface area contributed by atoms with Crippen LogP contribution in [-0.2, 0) is 6.42 Å². The lowest BCUT2D eigenvalue weighted by Crippen LogP contribution is -2.41. The standard InChI is InChI=1S/C18H33N5/c1-15(2)23(16(3)4)14-8-12-21-18(19-5)22-13-10-17-9-6-7-11-20-17/h6-7,9,11,15-16H,8,10,12-14H2,1-5H3,(H2,19,21,22). The smallest absolute Gasteiger partial charge is 0.190 e. The van der Waals surface area contributed by atoms with Crippen LogP contribution in [0.5, 0.6) is 0 Å². The van der Waals surface area contributed by atoms with Crippen LogP contribution < -0.4 is 10.6 Å². The summed E-state index contributed by atoms with van der Waals surface area (Å²) < 4.78 is 0. The van der Waals surface area contributed by atoms with E-state index in [2.05, 4.69) is 53.2 Å². The van der Waals surface area contributed by atoms with Gasteiger partial charge in [-0.2, -0.15) is 0 Å². The first-order valence-corrected chi connectivity index (χ1v) is 8.64. The van der Waals surface area contributed by atoms with Gasteiger partial charge in [-0.15, -0.1) is 0 Å². The Morgan fingerprint density at radius 2 is 1.83 bits per heavy atom. The summed E-state index contributed by atoms with van der Waals surface area (Å²) >= 11 is 0. The molecule has 0 unspecified atom stereocenters. The third-order valence-corrected chi connectivity index (χ3v) is 3.84. The average molecular weight is 319 g/mol. The summed E-state index contributed by atoms with van der Waals surface area (Å²) in [7, 11) is 1.81. The van der Waals surface area contributed by atoms with Gasteiger partial charge >= 0.3 is 0 Å². The van der Waals surface area contributed by atoms with Crippen LogP contribution in [0.25, 0.3) is 0 Å². The number of aliphatic imine (C=N–C) groups is 1. The van der Waals surface area contributed by atoms with Gasteiger partial charge in [-0.05, 0) is 46.2 Å². The van der Waals surface area contributed by atoms with Crippen LogP contribution in [0.4, 0.5) is 0 Å². The van der Waals surface area contributed by atoms with Gasteiger partial charge in [-0.1, -0.05) is 6.07 Å². The van der Waals surface area contributed by atoms with Crippen molar-refractivity contribution < 1.29 is 0 Å². The number of pyridine rings is 1. The molecule has 0 aliphatic rings. The molecule has 2 N–H and O–H groups in total. The molecule has 1 rings (SSSR count). The third kappa shape index (κ3) is 7.98. The van der Waals surface area contributed by atoms with E-state index in [0.29, 0.717) is 12.1 Å². The lowest BCUT2D eigenvalue weighted by Gasteiger charge is -2.30. The van der Waals surface area contributed by atoms with Gasteiger partial charge in [0.25, 0.3) is 0 Å². The second kappa shape index (κ2) is 11.0. The summed E-state index contributed by atoms with van der Waals surface area (Å²) in [6, 6.07) is 7.18. The van der Waals surface area contributed by atoms with E-state index in [1.807, 2.05) is 31.4 Å². The maximum Gasteiger partial charge on any atom is 0.190 e. The quantitative estimate of drug-likeness (QED) is 0.417. The molecule has 0 amide bonds. The normalized spacial score (nSPS) is 12.3. The van der Waals surface area contributed by atoms with Gasteiger partial charge in [0.05, 0.1) is 0 Å². The van der Waals surface area contributed by atoms with E-state index in [-0.39, 0.29) is 0 Å². The Morgan fingerprint density at radius 1 is 1.13 bits per heavy atom. The minimum atomic E-state index is 0.589. The molecule has 0 saturated heterocycles. The van der Waals surface area contributed by atoms with Crippen molar-refractivity contribution in [3.63, 3.8) is 0 Å². The van der Waals surface area contributed by atoms with Crippen molar-refractivity contribution in [2.24, 2.45) is 4.99 Å². The molecule has 0 saturated carbocycles. The summed E-state index contributed by atoms with van der Waals surface area (Å²) in [5, 5.41) is 6.72. The molecular weight excluding hydrogens is 286 g/mol. The first kappa shape index (κ1) is 19.4. The topological polar surface area (TPSA) is 52.6 Å². The van der Waals surface area contributed by atoms with Crippen molar-refractivity contribution in [1.82, 2.24) is 20.5 Å². The molecular formula is C18H33N5. The number of hydrogen-bond donors (Lipinski definition) is 2. The van der Waals surface area contributed by atoms with Crippen molar-refractivity contribution in [3.8, 4) is 0 Å². The van der Waals surface area contributed by atoms with Gasteiger partial charge in [-0.25, -0.2) is 0 Å². The first-order chi connectivity index (χ1) is 11.0. The van der Waals surface area contributed by atoms with Crippen LogP contribution in [0.15, 0.2) is 29.4 Å². The molecule has 5 heteroatoms. The lowest BCUT2D eigenvalue weighted by molar-refractivity contribution is 0.173. The van der Waals surface area contributed by atoms with Gasteiger partial charge in [0.15, 0.2) is 5.96 Å². The molecule has 5 nitrogen and oxygen atoms in total. The van der Waals surface area contributed by atoms with Crippen molar-refractivity contribution >= 4 is 5.96 Å². The molecule has 0 atom stereocenters. The zero-order chi connectivity index (χ0) is 17.1. The summed E-state index contributed by atoms with van der Waals surface area (Å²) in [6.45, 7) is 11.9. The molecule has 0 fully saturated rings. The Kier molecular flexibility index (Phi) is 9.29. The second-order valence-electron chi connectivity index (χ2n) is 6.28. The molecule has 1 aromatic heterocycles. The fourth-order valence-electron chi connectivity index (χ4n) is 2.66. The number of guanidine groups is 1. The molecule has 130 valence electrons. The number of nitrogens with zero attached hydrogens (tertiary/aromatic N) is 3. The van der Waals surface area contributed by atoms with Crippen LogP contribution in [0.2, 0.25) is 0 Å². The molecule has 0 spiro atoms. The first-order valence-electron chi connectivity index (χ1n) is 8.64. The van der Waals surface area contributed by atoms with Crippen LogP contribution in [0.3, 0.4) is 0 Å². The summed E-state index contributed by atoms with van der Waals surface area (Å²) in [5.41, 5.74) is 1.10. The van der Waals surface area contributed by atoms with Crippen molar-refractivity contribution in [3.05, 3.63) is 30.1 Å². The van der Waals surface area contributed by atoms with Crippen molar-refractivity contribution in [2.75, 3.05) is 26.7 Å². The molecule has 0 aliphatic heterocycles. The largest absolute Gasteiger partial charge is 0.356 e. The van der Waals surface area contributed by atoms with Gasteiger partial charge in [0.1, 0.15) is 0 Å². The maximum atomic E-state index is 4.32. The Labute approximate surface area is 141 Å². The molecule has 0 aromatic carbocycles. The van der Waals surface area contributed by atoms with Gasteiger partial charge in [-0.3, -0.25) is 14.9 Å². The molecule has 1 heterocycles. The fraction of sp³-hybridized carbons (Fsp3) is 0.667. The lowest BCUT2D eigenvalue weighted by atomic mass is 10.2. The average Bonchev–Trinajstić information content (AvgIpc) is 2.53. The molecule has 0 bridgehead atoms. The Morgan fingerprint density at radius 3 is 2.39 bits per heavy atom. The third-order valence-electron chi connectivity index (χ3n) is 3.84. The molecule has 0 aliphatic carbocycles. The monoisotopic (exact) mass is 319 g/mol. The van der Waals surface area contributed by atoms with Crippen molar-refractivity contribution in [2.45, 2.75) is 52.6 Å². The highest BCUT2D eigenvalue weighted by Gasteiger charge is 2.12. The fourth-order valence-corrected chi connectivity index (χ4v) is 2.66. The predicted molar refractivity (Wildman–Crippen MR) is 98.9 cm³/mol. The number of hydrogen-bond acceptors (Lipinski definition) is 3. The van der Waals surface area contributed by atoms with Crippen LogP contribution in [-0.4, -0.2) is 54.6 Å². The number of rotatable bonds is 9. The highest BCUT2D eigenvalue weighted by Crippen LogP contribution is 2.05. The minimum absolute atomic E-state index is 0.589. The van der Waals surface area contributed by atoms with Crippen LogP contribution in [0, 0.1) is 0 Å². The minimum Gasteiger partial charge on any atom is -0.356 e. The van der Waals surface area contributed by atoms with Gasteiger partial charge < -0.3 is 10.6 Å². The summed E-state index contributed by atoms with van der Waals surface area (Å²) in [6.07, 6.45) is 3.84. The number of nitrogens with one attached hydrogen (secondary N) is 2. The number of aromatic nitrogens is 1. The molecule has 1 aromatic rings. The second-order valence-corrected chi connectivity index (χ2v) is 6.28. The van der Waals surface area contributed by atoms with E-state index in [1.54, 1.807) is 0 Å². The van der Waals surface area contributed by atoms with E-state index in [9.17, 15) is 0 Å². The van der Waals surface area contributed by atoms with Crippen LogP contribution >= 0.6 is 0 Å². The Balaban J connectivity index is 2.21. The Bertz CT molecular complexity index is 434. The predicted octanol–water partition coefficient (Wildman–Crippen LogP) is 2.30. The zero-order valence-corrected chi connectivity index (χ0v) is 15.3. The van der Waals surface area contributed by atoms with Crippen molar-refractivity contribution in [1.29, 1.82) is 0 Å². The van der Waals surface area contributed by atoms with E-state index < -0.39 is 0 Å². The molecule has 0 radical (unpaired) electrons. The van der Waals surface area contributed by atoms with Gasteiger partial charge in [0.2, 0.25) is 0 Å². The van der Waals surface area contributed by atoms with E-state index in [4.69, 9.17) is 0 Å². The summed E-state index contributed by atoms with van der Waals surface area (Å²) in [4.78, 5) is 11.1. The Hall–Kier alpha value is -1.62. The van der Waals surface area contributed by atoms with Crippen LogP contribution in [0.1, 0.15) is 39.8 Å². The van der Waals surface area contributed by atoms with E-state index in [1.165, 1.54) is 0 Å².